The average Bonchev–Trinajstić information content (AvgIpc) is 2.87. The summed E-state index contributed by atoms with van der Waals surface area (Å²) in [5.74, 6) is 0.199. The number of H-pyrrole nitrogens is 1. The summed E-state index contributed by atoms with van der Waals surface area (Å²) >= 11 is 0. The Kier molecular flexibility index (Phi) is 4.37. The Labute approximate surface area is 112 Å². The topological polar surface area (TPSA) is 82.2 Å². The molecule has 3 N–H and O–H groups in total. The monoisotopic (exact) mass is 264 g/mol. The van der Waals surface area contributed by atoms with E-state index >= 15 is 0 Å². The third-order valence-electron chi connectivity index (χ3n) is 3.70. The lowest BCUT2D eigenvalue weighted by Crippen LogP contribution is -2.32. The average molecular weight is 264 g/mol. The summed E-state index contributed by atoms with van der Waals surface area (Å²) in [6.07, 6.45) is 4.91. The number of aliphatic hydroxyl groups is 1. The summed E-state index contributed by atoms with van der Waals surface area (Å²) < 4.78 is 0. The zero-order chi connectivity index (χ0) is 13.8. The van der Waals surface area contributed by atoms with E-state index in [0.717, 1.165) is 25.7 Å². The molecule has 1 aromatic rings. The molecule has 0 aromatic carbocycles. The van der Waals surface area contributed by atoms with Gasteiger partial charge in [0.1, 0.15) is 5.69 Å². The van der Waals surface area contributed by atoms with Crippen LogP contribution in [0.1, 0.15) is 53.5 Å². The molecule has 0 unspecified atom stereocenters. The lowest BCUT2D eigenvalue weighted by molar-refractivity contribution is 0.0906. The van der Waals surface area contributed by atoms with Gasteiger partial charge in [0.2, 0.25) is 0 Å². The van der Waals surface area contributed by atoms with E-state index in [-0.39, 0.29) is 17.8 Å². The van der Waals surface area contributed by atoms with Crippen molar-refractivity contribution in [3.8, 4) is 0 Å². The molecule has 1 heterocycles. The molecule has 1 aromatic heterocycles. The first-order chi connectivity index (χ1) is 9.06. The summed E-state index contributed by atoms with van der Waals surface area (Å²) in [6, 6.07) is 1.57. The molecular formula is C14H20N2O3. The van der Waals surface area contributed by atoms with E-state index in [0.29, 0.717) is 23.7 Å². The van der Waals surface area contributed by atoms with Gasteiger partial charge >= 0.3 is 0 Å². The van der Waals surface area contributed by atoms with Crippen LogP contribution in [0.25, 0.3) is 0 Å². The Morgan fingerprint density at radius 3 is 2.63 bits per heavy atom. The summed E-state index contributed by atoms with van der Waals surface area (Å²) in [5, 5.41) is 12.3. The van der Waals surface area contributed by atoms with Gasteiger partial charge in [-0.15, -0.1) is 0 Å². The standard InChI is InChI=1S/C14H20N2O3/c1-9(17)11-6-13(15-8-11)14(19)16-7-10-2-4-12(18)5-3-10/h6,8,10,12,15,18H,2-5,7H2,1H3,(H,16,19). The highest BCUT2D eigenvalue weighted by Gasteiger charge is 2.20. The van der Waals surface area contributed by atoms with Crippen molar-refractivity contribution >= 4 is 11.7 Å². The normalized spacial score (nSPS) is 23.1. The highest BCUT2D eigenvalue weighted by Crippen LogP contribution is 2.23. The van der Waals surface area contributed by atoms with Crippen molar-refractivity contribution in [3.63, 3.8) is 0 Å². The molecular weight excluding hydrogens is 244 g/mol. The minimum atomic E-state index is -0.182. The summed E-state index contributed by atoms with van der Waals surface area (Å²) in [5.41, 5.74) is 0.937. The van der Waals surface area contributed by atoms with Crippen molar-refractivity contribution in [2.75, 3.05) is 6.54 Å². The van der Waals surface area contributed by atoms with Crippen LogP contribution in [-0.2, 0) is 0 Å². The van der Waals surface area contributed by atoms with E-state index in [9.17, 15) is 14.7 Å². The van der Waals surface area contributed by atoms with Crippen LogP contribution < -0.4 is 5.32 Å². The van der Waals surface area contributed by atoms with Gasteiger partial charge in [-0.1, -0.05) is 0 Å². The molecule has 0 bridgehead atoms. The van der Waals surface area contributed by atoms with E-state index in [1.165, 1.54) is 6.92 Å². The van der Waals surface area contributed by atoms with Gasteiger partial charge in [-0.2, -0.15) is 0 Å². The maximum absolute atomic E-state index is 11.9. The Bertz CT molecular complexity index is 459. The van der Waals surface area contributed by atoms with Crippen LogP contribution in [0.3, 0.4) is 0 Å². The van der Waals surface area contributed by atoms with Crippen LogP contribution in [0.2, 0.25) is 0 Å². The Balaban J connectivity index is 1.82. The van der Waals surface area contributed by atoms with Crippen LogP contribution in [-0.4, -0.2) is 34.4 Å². The molecule has 1 aliphatic rings. The Morgan fingerprint density at radius 2 is 2.05 bits per heavy atom. The predicted molar refractivity (Wildman–Crippen MR) is 71.1 cm³/mol. The first-order valence-corrected chi connectivity index (χ1v) is 6.72. The number of carbonyl (C=O) groups excluding carboxylic acids is 2. The number of hydrogen-bond donors (Lipinski definition) is 3. The molecule has 0 radical (unpaired) electrons. The van der Waals surface area contributed by atoms with Crippen LogP contribution in [0, 0.1) is 5.92 Å². The smallest absolute Gasteiger partial charge is 0.267 e. The lowest BCUT2D eigenvalue weighted by atomic mass is 9.87. The zero-order valence-electron chi connectivity index (χ0n) is 11.1. The van der Waals surface area contributed by atoms with Gasteiger partial charge in [0.05, 0.1) is 6.10 Å². The van der Waals surface area contributed by atoms with Crippen molar-refractivity contribution in [1.82, 2.24) is 10.3 Å². The SMILES string of the molecule is CC(=O)c1c[nH]c(C(=O)NCC2CCC(O)CC2)c1. The minimum absolute atomic E-state index is 0.0587. The fourth-order valence-corrected chi connectivity index (χ4v) is 2.41. The number of aromatic nitrogens is 1. The fraction of sp³-hybridized carbons (Fsp3) is 0.571. The molecule has 0 saturated heterocycles. The molecule has 5 heteroatoms. The molecule has 0 atom stereocenters. The number of ketones is 1. The predicted octanol–water partition coefficient (Wildman–Crippen LogP) is 1.50. The second-order valence-electron chi connectivity index (χ2n) is 5.24. The number of Topliss-reactive ketones (excluding diaryl/α,β-unsaturated/α-hetero) is 1. The van der Waals surface area contributed by atoms with Gasteiger partial charge < -0.3 is 15.4 Å². The zero-order valence-corrected chi connectivity index (χ0v) is 11.1. The number of hydrogen-bond acceptors (Lipinski definition) is 3. The van der Waals surface area contributed by atoms with E-state index in [1.807, 2.05) is 0 Å². The number of carbonyl (C=O) groups is 2. The molecule has 1 aliphatic carbocycles. The van der Waals surface area contributed by atoms with Crippen molar-refractivity contribution in [2.45, 2.75) is 38.7 Å². The van der Waals surface area contributed by atoms with Crippen LogP contribution in [0.4, 0.5) is 0 Å². The van der Waals surface area contributed by atoms with Gasteiger partial charge in [-0.3, -0.25) is 9.59 Å². The van der Waals surface area contributed by atoms with Gasteiger partial charge in [0.25, 0.3) is 5.91 Å². The molecule has 1 saturated carbocycles. The second-order valence-corrected chi connectivity index (χ2v) is 5.24. The Morgan fingerprint density at radius 1 is 1.37 bits per heavy atom. The summed E-state index contributed by atoms with van der Waals surface area (Å²) in [4.78, 5) is 25.8. The highest BCUT2D eigenvalue weighted by molar-refractivity contribution is 5.99. The van der Waals surface area contributed by atoms with Gasteiger partial charge in [0.15, 0.2) is 5.78 Å². The molecule has 2 rings (SSSR count). The van der Waals surface area contributed by atoms with Gasteiger partial charge in [-0.25, -0.2) is 0 Å². The van der Waals surface area contributed by atoms with Crippen LogP contribution in [0.15, 0.2) is 12.3 Å². The van der Waals surface area contributed by atoms with E-state index in [4.69, 9.17) is 0 Å². The third kappa shape index (κ3) is 3.67. The van der Waals surface area contributed by atoms with E-state index < -0.39 is 0 Å². The number of aromatic amines is 1. The third-order valence-corrected chi connectivity index (χ3v) is 3.70. The number of amides is 1. The molecule has 1 amide bonds. The van der Waals surface area contributed by atoms with Gasteiger partial charge in [-0.05, 0) is 44.6 Å². The summed E-state index contributed by atoms with van der Waals surface area (Å²) in [6.45, 7) is 2.10. The molecule has 1 fully saturated rings. The maximum atomic E-state index is 11.9. The quantitative estimate of drug-likeness (QED) is 0.721. The number of aliphatic hydroxyl groups excluding tert-OH is 1. The van der Waals surface area contributed by atoms with E-state index in [2.05, 4.69) is 10.3 Å². The molecule has 0 spiro atoms. The van der Waals surface area contributed by atoms with Gasteiger partial charge in [0, 0.05) is 18.3 Å². The first kappa shape index (κ1) is 13.8. The van der Waals surface area contributed by atoms with E-state index in [1.54, 1.807) is 12.3 Å². The van der Waals surface area contributed by atoms with Crippen molar-refractivity contribution < 1.29 is 14.7 Å². The number of nitrogens with one attached hydrogen (secondary N) is 2. The fourth-order valence-electron chi connectivity index (χ4n) is 2.41. The maximum Gasteiger partial charge on any atom is 0.267 e. The summed E-state index contributed by atoms with van der Waals surface area (Å²) in [7, 11) is 0. The highest BCUT2D eigenvalue weighted by atomic mass is 16.3. The van der Waals surface area contributed by atoms with Crippen molar-refractivity contribution in [1.29, 1.82) is 0 Å². The molecule has 0 aliphatic heterocycles. The Hall–Kier alpha value is -1.62. The molecule has 104 valence electrons. The second kappa shape index (κ2) is 6.02. The number of rotatable bonds is 4. The minimum Gasteiger partial charge on any atom is -0.393 e. The van der Waals surface area contributed by atoms with Crippen LogP contribution >= 0.6 is 0 Å². The first-order valence-electron chi connectivity index (χ1n) is 6.72. The molecule has 5 nitrogen and oxygen atoms in total. The lowest BCUT2D eigenvalue weighted by Gasteiger charge is -2.25. The van der Waals surface area contributed by atoms with Crippen LogP contribution in [0.5, 0.6) is 0 Å². The van der Waals surface area contributed by atoms with Crippen molar-refractivity contribution in [3.05, 3.63) is 23.5 Å². The van der Waals surface area contributed by atoms with Crippen molar-refractivity contribution in [2.24, 2.45) is 5.92 Å². The molecule has 19 heavy (non-hydrogen) atoms. The largest absolute Gasteiger partial charge is 0.393 e.